The summed E-state index contributed by atoms with van der Waals surface area (Å²) in [4.78, 5) is 4.36. The van der Waals surface area contributed by atoms with Crippen LogP contribution in [0.4, 0.5) is 5.69 Å². The molecular weight excluding hydrogens is 208 g/mol. The molecule has 0 aliphatic rings. The monoisotopic (exact) mass is 220 g/mol. The topological polar surface area (TPSA) is 38.9 Å². The minimum atomic E-state index is 0.781. The summed E-state index contributed by atoms with van der Waals surface area (Å²) in [5, 5.41) is 1.15. The number of nitrogens with zero attached hydrogens (tertiary/aromatic N) is 1. The zero-order chi connectivity index (χ0) is 11.7. The van der Waals surface area contributed by atoms with Crippen LogP contribution in [0.5, 0.6) is 0 Å². The highest BCUT2D eigenvalue weighted by Gasteiger charge is 2.03. The molecule has 1 aromatic heterocycles. The van der Waals surface area contributed by atoms with Crippen LogP contribution < -0.4 is 5.73 Å². The van der Waals surface area contributed by atoms with Gasteiger partial charge >= 0.3 is 0 Å². The third-order valence-corrected chi connectivity index (χ3v) is 2.85. The van der Waals surface area contributed by atoms with Crippen molar-refractivity contribution in [3.63, 3.8) is 0 Å². The van der Waals surface area contributed by atoms with Crippen molar-refractivity contribution in [2.75, 3.05) is 5.73 Å². The third-order valence-electron chi connectivity index (χ3n) is 2.85. The largest absolute Gasteiger partial charge is 0.399 e. The average molecular weight is 220 g/mol. The van der Waals surface area contributed by atoms with E-state index in [1.807, 2.05) is 48.7 Å². The smallest absolute Gasteiger partial charge is 0.0708 e. The second kappa shape index (κ2) is 3.91. The lowest BCUT2D eigenvalue weighted by atomic mass is 10.0. The van der Waals surface area contributed by atoms with Gasteiger partial charge in [0.2, 0.25) is 0 Å². The lowest BCUT2D eigenvalue weighted by Gasteiger charge is -2.06. The molecule has 3 rings (SSSR count). The van der Waals surface area contributed by atoms with Gasteiger partial charge in [-0.25, -0.2) is 0 Å². The van der Waals surface area contributed by atoms with E-state index in [9.17, 15) is 0 Å². The molecule has 0 aliphatic carbocycles. The van der Waals surface area contributed by atoms with E-state index in [1.165, 1.54) is 5.56 Å². The van der Waals surface area contributed by atoms with Crippen LogP contribution in [0.25, 0.3) is 22.0 Å². The van der Waals surface area contributed by atoms with Crippen molar-refractivity contribution in [3.05, 3.63) is 60.8 Å². The molecule has 0 saturated heterocycles. The molecule has 0 spiro atoms. The summed E-state index contributed by atoms with van der Waals surface area (Å²) in [5.74, 6) is 0. The fourth-order valence-corrected chi connectivity index (χ4v) is 2.05. The number of nitrogen functional groups attached to an aromatic ring is 1. The SMILES string of the molecule is Nc1cccc(-c2ccnc3ccccc23)c1. The van der Waals surface area contributed by atoms with Gasteiger partial charge in [-0.3, -0.25) is 4.98 Å². The van der Waals surface area contributed by atoms with Crippen molar-refractivity contribution in [2.24, 2.45) is 0 Å². The van der Waals surface area contributed by atoms with Crippen molar-refractivity contribution < 1.29 is 0 Å². The van der Waals surface area contributed by atoms with Gasteiger partial charge in [0.05, 0.1) is 5.52 Å². The van der Waals surface area contributed by atoms with Gasteiger partial charge < -0.3 is 5.73 Å². The number of pyridine rings is 1. The Bertz CT molecular complexity index is 669. The quantitative estimate of drug-likeness (QED) is 0.637. The molecule has 2 N–H and O–H groups in total. The van der Waals surface area contributed by atoms with Crippen LogP contribution in [0.3, 0.4) is 0 Å². The number of fused-ring (bicyclic) bond motifs is 1. The van der Waals surface area contributed by atoms with E-state index in [1.54, 1.807) is 0 Å². The maximum absolute atomic E-state index is 5.82. The molecule has 0 aliphatic heterocycles. The highest BCUT2D eigenvalue weighted by molar-refractivity contribution is 5.94. The fraction of sp³-hybridized carbons (Fsp3) is 0. The third kappa shape index (κ3) is 1.74. The summed E-state index contributed by atoms with van der Waals surface area (Å²) in [6.07, 6.45) is 1.83. The van der Waals surface area contributed by atoms with E-state index in [4.69, 9.17) is 5.73 Å². The molecule has 82 valence electrons. The van der Waals surface area contributed by atoms with Gasteiger partial charge in [-0.05, 0) is 35.4 Å². The molecule has 0 amide bonds. The molecule has 0 saturated carbocycles. The van der Waals surface area contributed by atoms with Gasteiger partial charge in [-0.15, -0.1) is 0 Å². The Kier molecular flexibility index (Phi) is 2.26. The molecule has 1 heterocycles. The van der Waals surface area contributed by atoms with Gasteiger partial charge in [0, 0.05) is 17.3 Å². The predicted molar refractivity (Wildman–Crippen MR) is 71.6 cm³/mol. The Morgan fingerprint density at radius 1 is 0.882 bits per heavy atom. The van der Waals surface area contributed by atoms with Crippen molar-refractivity contribution in [1.29, 1.82) is 0 Å². The molecule has 17 heavy (non-hydrogen) atoms. The van der Waals surface area contributed by atoms with Gasteiger partial charge in [-0.2, -0.15) is 0 Å². The number of para-hydroxylation sites is 1. The summed E-state index contributed by atoms with van der Waals surface area (Å²) in [5.41, 5.74) is 9.91. The fourth-order valence-electron chi connectivity index (χ4n) is 2.05. The predicted octanol–water partition coefficient (Wildman–Crippen LogP) is 3.48. The first-order valence-electron chi connectivity index (χ1n) is 5.54. The van der Waals surface area contributed by atoms with Crippen molar-refractivity contribution >= 4 is 16.6 Å². The van der Waals surface area contributed by atoms with Crippen molar-refractivity contribution in [2.45, 2.75) is 0 Å². The Morgan fingerprint density at radius 3 is 2.65 bits per heavy atom. The molecule has 3 aromatic rings. The molecule has 0 radical (unpaired) electrons. The summed E-state index contributed by atoms with van der Waals surface area (Å²) >= 11 is 0. The zero-order valence-corrected chi connectivity index (χ0v) is 9.30. The number of aromatic nitrogens is 1. The van der Waals surface area contributed by atoms with E-state index in [0.29, 0.717) is 0 Å². The van der Waals surface area contributed by atoms with Crippen LogP contribution in [0.1, 0.15) is 0 Å². The van der Waals surface area contributed by atoms with Crippen molar-refractivity contribution in [3.8, 4) is 11.1 Å². The summed E-state index contributed by atoms with van der Waals surface area (Å²) in [7, 11) is 0. The zero-order valence-electron chi connectivity index (χ0n) is 9.30. The van der Waals surface area contributed by atoms with Gasteiger partial charge in [0.1, 0.15) is 0 Å². The first-order valence-corrected chi connectivity index (χ1v) is 5.54. The summed E-state index contributed by atoms with van der Waals surface area (Å²) in [6, 6.07) is 18.1. The molecular formula is C15H12N2. The van der Waals surface area contributed by atoms with Gasteiger partial charge in [-0.1, -0.05) is 30.3 Å². The number of hydrogen-bond donors (Lipinski definition) is 1. The lowest BCUT2D eigenvalue weighted by molar-refractivity contribution is 1.41. The van der Waals surface area contributed by atoms with Crippen LogP contribution in [0, 0.1) is 0 Å². The molecule has 2 heteroatoms. The Hall–Kier alpha value is -2.35. The maximum atomic E-state index is 5.82. The average Bonchev–Trinajstić information content (AvgIpc) is 2.38. The van der Waals surface area contributed by atoms with Crippen LogP contribution in [-0.2, 0) is 0 Å². The normalized spacial score (nSPS) is 10.6. The Labute approximate surface area is 99.7 Å². The highest BCUT2D eigenvalue weighted by Crippen LogP contribution is 2.28. The maximum Gasteiger partial charge on any atom is 0.0708 e. The first-order chi connectivity index (χ1) is 8.34. The van der Waals surface area contributed by atoms with E-state index in [2.05, 4.69) is 17.1 Å². The minimum absolute atomic E-state index is 0.781. The summed E-state index contributed by atoms with van der Waals surface area (Å²) in [6.45, 7) is 0. The number of nitrogens with two attached hydrogens (primary N) is 1. The number of anilines is 1. The molecule has 0 unspecified atom stereocenters. The van der Waals surface area contributed by atoms with E-state index >= 15 is 0 Å². The second-order valence-electron chi connectivity index (χ2n) is 4.00. The van der Waals surface area contributed by atoms with Crippen LogP contribution >= 0.6 is 0 Å². The highest BCUT2D eigenvalue weighted by atomic mass is 14.6. The Morgan fingerprint density at radius 2 is 1.76 bits per heavy atom. The van der Waals surface area contributed by atoms with Gasteiger partial charge in [0.25, 0.3) is 0 Å². The van der Waals surface area contributed by atoms with Crippen LogP contribution in [0.15, 0.2) is 60.8 Å². The van der Waals surface area contributed by atoms with E-state index in [0.717, 1.165) is 22.2 Å². The van der Waals surface area contributed by atoms with E-state index < -0.39 is 0 Å². The van der Waals surface area contributed by atoms with Crippen molar-refractivity contribution in [1.82, 2.24) is 4.98 Å². The molecule has 2 nitrogen and oxygen atoms in total. The summed E-state index contributed by atoms with van der Waals surface area (Å²) < 4.78 is 0. The number of hydrogen-bond acceptors (Lipinski definition) is 2. The molecule has 0 fully saturated rings. The molecule has 0 atom stereocenters. The standard InChI is InChI=1S/C15H12N2/c16-12-5-3-4-11(10-12)13-8-9-17-15-7-2-1-6-14(13)15/h1-10H,16H2. The first kappa shape index (κ1) is 9.85. The molecule has 0 bridgehead atoms. The van der Waals surface area contributed by atoms with E-state index in [-0.39, 0.29) is 0 Å². The number of benzene rings is 2. The molecule has 2 aromatic carbocycles. The second-order valence-corrected chi connectivity index (χ2v) is 4.00. The van der Waals surface area contributed by atoms with Gasteiger partial charge in [0.15, 0.2) is 0 Å². The van der Waals surface area contributed by atoms with Crippen LogP contribution in [0.2, 0.25) is 0 Å². The van der Waals surface area contributed by atoms with Crippen LogP contribution in [-0.4, -0.2) is 4.98 Å². The lowest BCUT2D eigenvalue weighted by Crippen LogP contribution is -1.87. The Balaban J connectivity index is 2.30. The minimum Gasteiger partial charge on any atom is -0.399 e. The number of rotatable bonds is 1.